The number of carbonyl (C=O) groups is 1. The molecule has 0 radical (unpaired) electrons. The maximum atomic E-state index is 13.1. The maximum Gasteiger partial charge on any atom is 0.182 e. The molecule has 2 aromatic carbocycles. The van der Waals surface area contributed by atoms with Gasteiger partial charge in [0.25, 0.3) is 0 Å². The Morgan fingerprint density at radius 1 is 1.12 bits per heavy atom. The Labute approximate surface area is 164 Å². The number of amidine groups is 1. The lowest BCUT2D eigenvalue weighted by molar-refractivity contribution is 0.100. The summed E-state index contributed by atoms with van der Waals surface area (Å²) in [7, 11) is 0. The van der Waals surface area contributed by atoms with Gasteiger partial charge >= 0.3 is 0 Å². The lowest BCUT2D eigenvalue weighted by atomic mass is 10.1. The van der Waals surface area contributed by atoms with Crippen LogP contribution in [0.15, 0.2) is 47.5 Å². The summed E-state index contributed by atoms with van der Waals surface area (Å²) in [6.45, 7) is 5.12. The summed E-state index contributed by atoms with van der Waals surface area (Å²) in [5.74, 6) is 0.601. The van der Waals surface area contributed by atoms with Crippen molar-refractivity contribution in [2.75, 3.05) is 18.0 Å². The molecule has 0 unspecified atom stereocenters. The van der Waals surface area contributed by atoms with Gasteiger partial charge in [0.15, 0.2) is 5.78 Å². The predicted molar refractivity (Wildman–Crippen MR) is 110 cm³/mol. The molecular formula is C21H24BrFN2O. The number of halogens is 2. The smallest absolute Gasteiger partial charge is 0.182 e. The van der Waals surface area contributed by atoms with Crippen molar-refractivity contribution < 1.29 is 9.18 Å². The first-order valence-electron chi connectivity index (χ1n) is 8.71. The zero-order valence-corrected chi connectivity index (χ0v) is 16.9. The van der Waals surface area contributed by atoms with Crippen LogP contribution in [-0.2, 0) is 0 Å². The van der Waals surface area contributed by atoms with Crippen molar-refractivity contribution in [1.82, 2.24) is 0 Å². The third kappa shape index (κ3) is 4.79. The van der Waals surface area contributed by atoms with Crippen LogP contribution in [0.3, 0.4) is 0 Å². The molecule has 1 heterocycles. The van der Waals surface area contributed by atoms with Crippen LogP contribution < -0.4 is 4.90 Å². The molecule has 0 saturated carbocycles. The summed E-state index contributed by atoms with van der Waals surface area (Å²) >= 11 is 0. The highest BCUT2D eigenvalue weighted by Gasteiger charge is 2.21. The molecule has 0 fully saturated rings. The summed E-state index contributed by atoms with van der Waals surface area (Å²) in [5.41, 5.74) is 3.81. The molecule has 0 bridgehead atoms. The van der Waals surface area contributed by atoms with Gasteiger partial charge in [0.05, 0.1) is 6.54 Å². The number of hydrogen-bond donors (Lipinski definition) is 0. The fourth-order valence-electron chi connectivity index (χ4n) is 3.10. The number of aliphatic imine (C=N–C) groups is 1. The van der Waals surface area contributed by atoms with Gasteiger partial charge < -0.3 is 4.90 Å². The van der Waals surface area contributed by atoms with Crippen LogP contribution in [-0.4, -0.2) is 24.7 Å². The van der Waals surface area contributed by atoms with Crippen molar-refractivity contribution >= 4 is 34.3 Å². The summed E-state index contributed by atoms with van der Waals surface area (Å²) in [4.78, 5) is 19.5. The predicted octanol–water partition coefficient (Wildman–Crippen LogP) is 5.29. The molecule has 0 aromatic heterocycles. The molecule has 1 aliphatic heterocycles. The summed E-state index contributed by atoms with van der Waals surface area (Å²) in [6.07, 6.45) is 3.06. The Morgan fingerprint density at radius 2 is 1.85 bits per heavy atom. The Hall–Kier alpha value is -2.01. The average molecular weight is 419 g/mol. The number of nitrogens with zero attached hydrogens (tertiary/aromatic N) is 2. The molecule has 2 aromatic rings. The van der Waals surface area contributed by atoms with Gasteiger partial charge in [-0.15, -0.1) is 17.0 Å². The summed E-state index contributed by atoms with van der Waals surface area (Å²) < 4.78 is 13.1. The second-order valence-corrected chi connectivity index (χ2v) is 6.56. The third-order valence-corrected chi connectivity index (χ3v) is 4.54. The van der Waals surface area contributed by atoms with E-state index < -0.39 is 0 Å². The van der Waals surface area contributed by atoms with E-state index in [2.05, 4.69) is 23.2 Å². The second kappa shape index (κ2) is 9.08. The molecule has 26 heavy (non-hydrogen) atoms. The van der Waals surface area contributed by atoms with E-state index in [-0.39, 0.29) is 35.1 Å². The van der Waals surface area contributed by atoms with Crippen LogP contribution in [0.4, 0.5) is 10.1 Å². The van der Waals surface area contributed by atoms with E-state index in [9.17, 15) is 9.18 Å². The average Bonchev–Trinajstić information content (AvgIpc) is 2.63. The maximum absolute atomic E-state index is 13.1. The molecule has 0 saturated heterocycles. The normalized spacial score (nSPS) is 13.6. The Kier molecular flexibility index (Phi) is 7.09. The molecule has 0 N–H and O–H groups in total. The zero-order chi connectivity index (χ0) is 17.8. The fourth-order valence-corrected chi connectivity index (χ4v) is 3.10. The van der Waals surface area contributed by atoms with Gasteiger partial charge in [-0.05, 0) is 68.1 Å². The SMILES string of the molecule is Br.Cc1ccc(C)c(N(CC(=O)c2ccc(F)cc2)C2=NCCCC2)c1. The quantitative estimate of drug-likeness (QED) is 0.631. The van der Waals surface area contributed by atoms with Crippen LogP contribution in [0.5, 0.6) is 0 Å². The Balaban J connectivity index is 0.00000243. The number of carbonyl (C=O) groups excluding carboxylic acids is 1. The molecule has 3 nitrogen and oxygen atoms in total. The van der Waals surface area contributed by atoms with Crippen molar-refractivity contribution in [3.63, 3.8) is 0 Å². The van der Waals surface area contributed by atoms with E-state index in [0.717, 1.165) is 48.5 Å². The van der Waals surface area contributed by atoms with Crippen LogP contribution in [0.1, 0.15) is 40.7 Å². The van der Waals surface area contributed by atoms with Crippen LogP contribution in [0.25, 0.3) is 0 Å². The highest BCUT2D eigenvalue weighted by molar-refractivity contribution is 8.93. The van der Waals surface area contributed by atoms with Gasteiger partial charge in [-0.3, -0.25) is 9.79 Å². The molecule has 3 rings (SSSR count). The van der Waals surface area contributed by atoms with Crippen molar-refractivity contribution in [3.05, 3.63) is 65.0 Å². The van der Waals surface area contributed by atoms with E-state index in [1.165, 1.54) is 12.1 Å². The first-order valence-corrected chi connectivity index (χ1v) is 8.71. The number of ketones is 1. The third-order valence-electron chi connectivity index (χ3n) is 4.54. The zero-order valence-electron chi connectivity index (χ0n) is 15.2. The largest absolute Gasteiger partial charge is 0.322 e. The number of aryl methyl sites for hydroxylation is 2. The van der Waals surface area contributed by atoms with E-state index in [1.807, 2.05) is 18.7 Å². The fraction of sp³-hybridized carbons (Fsp3) is 0.333. The molecule has 0 spiro atoms. The van der Waals surface area contributed by atoms with Gasteiger partial charge in [0.1, 0.15) is 11.7 Å². The minimum absolute atomic E-state index is 0. The van der Waals surface area contributed by atoms with Crippen molar-refractivity contribution in [1.29, 1.82) is 0 Å². The summed E-state index contributed by atoms with van der Waals surface area (Å²) in [5, 5.41) is 0. The Morgan fingerprint density at radius 3 is 2.50 bits per heavy atom. The molecule has 138 valence electrons. The first kappa shape index (κ1) is 20.3. The van der Waals surface area contributed by atoms with Crippen LogP contribution in [0, 0.1) is 19.7 Å². The van der Waals surface area contributed by atoms with Gasteiger partial charge in [-0.1, -0.05) is 12.1 Å². The monoisotopic (exact) mass is 418 g/mol. The first-order chi connectivity index (χ1) is 12.0. The van der Waals surface area contributed by atoms with Gasteiger partial charge in [0, 0.05) is 24.2 Å². The second-order valence-electron chi connectivity index (χ2n) is 6.56. The molecule has 0 aliphatic carbocycles. The standard InChI is InChI=1S/C21H23FN2O.BrH/c1-15-6-7-16(2)19(13-15)24(21-5-3-4-12-23-21)14-20(25)17-8-10-18(22)11-9-17;/h6-11,13H,3-5,12,14H2,1-2H3;1H. The number of rotatable bonds is 4. The van der Waals surface area contributed by atoms with Gasteiger partial charge in [-0.2, -0.15) is 0 Å². The van der Waals surface area contributed by atoms with E-state index in [1.54, 1.807) is 12.1 Å². The molecule has 1 aliphatic rings. The lowest BCUT2D eigenvalue weighted by Gasteiger charge is -2.29. The van der Waals surface area contributed by atoms with Crippen LogP contribution >= 0.6 is 17.0 Å². The topological polar surface area (TPSA) is 32.7 Å². The van der Waals surface area contributed by atoms with Gasteiger partial charge in [0.2, 0.25) is 0 Å². The number of anilines is 1. The van der Waals surface area contributed by atoms with E-state index in [0.29, 0.717) is 5.56 Å². The number of hydrogen-bond acceptors (Lipinski definition) is 3. The highest BCUT2D eigenvalue weighted by atomic mass is 79.9. The molecule has 0 atom stereocenters. The Bertz CT molecular complexity index is 802. The van der Waals surface area contributed by atoms with Gasteiger partial charge in [-0.25, -0.2) is 4.39 Å². The number of Topliss-reactive ketones (excluding diaryl/α,β-unsaturated/α-hetero) is 1. The van der Waals surface area contributed by atoms with Crippen molar-refractivity contribution in [3.8, 4) is 0 Å². The highest BCUT2D eigenvalue weighted by Crippen LogP contribution is 2.25. The van der Waals surface area contributed by atoms with E-state index >= 15 is 0 Å². The molecular weight excluding hydrogens is 395 g/mol. The number of benzene rings is 2. The molecule has 0 amide bonds. The summed E-state index contributed by atoms with van der Waals surface area (Å²) in [6, 6.07) is 12.0. The lowest BCUT2D eigenvalue weighted by Crippen LogP contribution is -2.37. The van der Waals surface area contributed by atoms with E-state index in [4.69, 9.17) is 0 Å². The van der Waals surface area contributed by atoms with Crippen LogP contribution in [0.2, 0.25) is 0 Å². The van der Waals surface area contributed by atoms with Crippen molar-refractivity contribution in [2.45, 2.75) is 33.1 Å². The van der Waals surface area contributed by atoms with Crippen molar-refractivity contribution in [2.24, 2.45) is 4.99 Å². The minimum Gasteiger partial charge on any atom is -0.322 e. The minimum atomic E-state index is -0.334. The molecule has 5 heteroatoms.